The summed E-state index contributed by atoms with van der Waals surface area (Å²) in [6, 6.07) is 0. The molecule has 0 heterocycles. The lowest BCUT2D eigenvalue weighted by atomic mass is 10.1. The number of ether oxygens (including phenoxy) is 2. The van der Waals surface area contributed by atoms with E-state index in [2.05, 4.69) is 86.8 Å². The Kier molecular flexibility index (Phi) is 42.6. The summed E-state index contributed by atoms with van der Waals surface area (Å²) < 4.78 is 34.5. The quantitative estimate of drug-likeness (QED) is 0.0198. The highest BCUT2D eigenvalue weighted by Crippen LogP contribution is 2.38. The van der Waals surface area contributed by atoms with Gasteiger partial charge in [0.15, 0.2) is 0 Å². The lowest BCUT2D eigenvalue weighted by molar-refractivity contribution is -0.870. The number of carbonyl (C=O) groups is 1. The van der Waals surface area contributed by atoms with Crippen LogP contribution in [0.1, 0.15) is 181 Å². The smallest absolute Gasteiger partial charge is 0.306 e. The molecule has 0 N–H and O–H groups in total. The van der Waals surface area contributed by atoms with Crippen molar-refractivity contribution in [1.82, 2.24) is 0 Å². The highest BCUT2D eigenvalue weighted by Gasteiger charge is 2.20. The zero-order valence-corrected chi connectivity index (χ0v) is 40.7. The van der Waals surface area contributed by atoms with Gasteiger partial charge in [0.1, 0.15) is 19.3 Å². The van der Waals surface area contributed by atoms with Crippen LogP contribution in [0.4, 0.5) is 0 Å². The van der Waals surface area contributed by atoms with E-state index in [1.165, 1.54) is 103 Å². The van der Waals surface area contributed by atoms with Crippen molar-refractivity contribution in [3.63, 3.8) is 0 Å². The molecule has 9 heteroatoms. The fraction of sp³-hybridized carbons (Fsp3) is 0.712. The summed E-state index contributed by atoms with van der Waals surface area (Å²) >= 11 is 0. The first-order chi connectivity index (χ1) is 29.6. The summed E-state index contributed by atoms with van der Waals surface area (Å²) in [4.78, 5) is 25.0. The molecule has 2 unspecified atom stereocenters. The monoisotopic (exact) mass is 874 g/mol. The molecular weight excluding hydrogens is 782 g/mol. The van der Waals surface area contributed by atoms with Gasteiger partial charge in [-0.2, -0.15) is 0 Å². The Morgan fingerprint density at radius 1 is 0.525 bits per heavy atom. The predicted molar refractivity (Wildman–Crippen MR) is 258 cm³/mol. The Morgan fingerprint density at radius 3 is 1.43 bits per heavy atom. The van der Waals surface area contributed by atoms with Gasteiger partial charge < -0.3 is 27.9 Å². The maximum absolute atomic E-state index is 12.6. The Balaban J connectivity index is 4.16. The van der Waals surface area contributed by atoms with Gasteiger partial charge in [-0.05, 0) is 77.0 Å². The third-order valence-electron chi connectivity index (χ3n) is 9.94. The first kappa shape index (κ1) is 58.7. The van der Waals surface area contributed by atoms with Gasteiger partial charge in [-0.3, -0.25) is 9.36 Å². The molecule has 61 heavy (non-hydrogen) atoms. The molecule has 2 atom stereocenters. The van der Waals surface area contributed by atoms with Gasteiger partial charge in [0.25, 0.3) is 7.82 Å². The minimum Gasteiger partial charge on any atom is -0.756 e. The molecule has 0 aromatic carbocycles. The van der Waals surface area contributed by atoms with E-state index in [1.54, 1.807) is 0 Å². The lowest BCUT2D eigenvalue weighted by Gasteiger charge is -2.28. The number of hydrogen-bond acceptors (Lipinski definition) is 7. The number of unbranched alkanes of at least 4 members (excludes halogenated alkanes) is 16. The van der Waals surface area contributed by atoms with Crippen molar-refractivity contribution >= 4 is 13.8 Å². The van der Waals surface area contributed by atoms with E-state index in [9.17, 15) is 14.3 Å². The molecule has 0 radical (unpaired) electrons. The van der Waals surface area contributed by atoms with Gasteiger partial charge in [0.05, 0.1) is 34.4 Å². The van der Waals surface area contributed by atoms with Crippen LogP contribution in [0, 0.1) is 0 Å². The highest BCUT2D eigenvalue weighted by atomic mass is 31.2. The van der Waals surface area contributed by atoms with E-state index in [1.807, 2.05) is 33.3 Å². The van der Waals surface area contributed by atoms with Crippen molar-refractivity contribution in [3.8, 4) is 0 Å². The van der Waals surface area contributed by atoms with Crippen LogP contribution in [0.25, 0.3) is 0 Å². The van der Waals surface area contributed by atoms with Crippen LogP contribution in [0.5, 0.6) is 0 Å². The summed E-state index contributed by atoms with van der Waals surface area (Å²) in [6.07, 6.45) is 59.2. The molecule has 0 aromatic rings. The van der Waals surface area contributed by atoms with Crippen molar-refractivity contribution in [2.45, 2.75) is 187 Å². The number of quaternary nitrogens is 1. The Morgan fingerprint density at radius 2 is 0.951 bits per heavy atom. The van der Waals surface area contributed by atoms with Crippen LogP contribution in [-0.2, 0) is 27.9 Å². The Bertz CT molecular complexity index is 1250. The molecular formula is C52H92NO7P. The minimum absolute atomic E-state index is 0.00885. The standard InChI is InChI=1S/C52H92NO7P/c1-6-8-10-12-14-16-18-20-21-22-23-24-25-26-27-28-29-30-31-32-34-36-38-40-42-44-47-57-49-51(50-59-61(55,56)58-48-46-53(3,4)5)60-52(54)45-43-41-39-37-35-33-19-17-15-13-11-9-7-2/h9,11,15,17-18,20,22-23,25-26,33,35,39,41,51H,6-8,10,12-14,16,19,21,24,27-32,34,36-38,40,42-50H2,1-5H3/b11-9-,17-15-,20-18-,23-22-,26-25-,35-33-,41-39-. The molecule has 0 fully saturated rings. The topological polar surface area (TPSA) is 94.1 Å². The van der Waals surface area contributed by atoms with Crippen LogP contribution < -0.4 is 4.89 Å². The maximum Gasteiger partial charge on any atom is 0.306 e. The Labute approximate surface area is 375 Å². The van der Waals surface area contributed by atoms with E-state index < -0.39 is 19.9 Å². The number of allylic oxidation sites excluding steroid dienone is 14. The second-order valence-electron chi connectivity index (χ2n) is 17.1. The fourth-order valence-electron chi connectivity index (χ4n) is 6.21. The number of phosphoric acid groups is 1. The summed E-state index contributed by atoms with van der Waals surface area (Å²) in [5.74, 6) is -0.417. The normalized spacial score (nSPS) is 14.4. The van der Waals surface area contributed by atoms with Crippen molar-refractivity contribution in [3.05, 3.63) is 85.1 Å². The zero-order chi connectivity index (χ0) is 44.8. The molecule has 0 saturated carbocycles. The molecule has 0 aliphatic carbocycles. The average molecular weight is 874 g/mol. The molecule has 0 bridgehead atoms. The third-order valence-corrected chi connectivity index (χ3v) is 10.9. The molecule has 0 saturated heterocycles. The molecule has 352 valence electrons. The molecule has 8 nitrogen and oxygen atoms in total. The van der Waals surface area contributed by atoms with Gasteiger partial charge in [-0.25, -0.2) is 0 Å². The molecule has 0 rings (SSSR count). The van der Waals surface area contributed by atoms with E-state index in [-0.39, 0.29) is 26.2 Å². The number of carbonyl (C=O) groups excluding carboxylic acids is 1. The summed E-state index contributed by atoms with van der Waals surface area (Å²) in [5, 5.41) is 0. The minimum atomic E-state index is -4.55. The van der Waals surface area contributed by atoms with Crippen molar-refractivity contribution < 1.29 is 37.3 Å². The number of hydrogen-bond donors (Lipinski definition) is 0. The van der Waals surface area contributed by atoms with Crippen LogP contribution in [0.15, 0.2) is 85.1 Å². The number of phosphoric ester groups is 1. The lowest BCUT2D eigenvalue weighted by Crippen LogP contribution is -2.37. The van der Waals surface area contributed by atoms with Crippen molar-refractivity contribution in [2.75, 3.05) is 54.1 Å². The van der Waals surface area contributed by atoms with Crippen molar-refractivity contribution in [2.24, 2.45) is 0 Å². The SMILES string of the molecule is CC/C=C\C/C=C\C/C=C\C/C=C\CCC(=O)OC(COCCCCCCCCCCCCC/C=C\C/C=C\C/C=C\CCCCCCC)COP(=O)([O-])OCC[N+](C)(C)C. The van der Waals surface area contributed by atoms with E-state index in [0.29, 0.717) is 24.1 Å². The second-order valence-corrected chi connectivity index (χ2v) is 18.5. The van der Waals surface area contributed by atoms with Gasteiger partial charge in [-0.1, -0.05) is 182 Å². The molecule has 0 aromatic heterocycles. The largest absolute Gasteiger partial charge is 0.756 e. The first-order valence-electron chi connectivity index (χ1n) is 24.3. The zero-order valence-electron chi connectivity index (χ0n) is 39.8. The summed E-state index contributed by atoms with van der Waals surface area (Å²) in [5.41, 5.74) is 0. The van der Waals surface area contributed by atoms with Crippen LogP contribution in [-0.4, -0.2) is 70.7 Å². The number of esters is 1. The first-order valence-corrected chi connectivity index (χ1v) is 25.8. The number of likely N-dealkylation sites (N-methyl/N-ethyl adjacent to an activating group) is 1. The van der Waals surface area contributed by atoms with Gasteiger partial charge in [0.2, 0.25) is 0 Å². The van der Waals surface area contributed by atoms with Gasteiger partial charge >= 0.3 is 5.97 Å². The fourth-order valence-corrected chi connectivity index (χ4v) is 6.94. The predicted octanol–water partition coefficient (Wildman–Crippen LogP) is 14.2. The van der Waals surface area contributed by atoms with Crippen molar-refractivity contribution in [1.29, 1.82) is 0 Å². The molecule has 0 aliphatic heterocycles. The van der Waals surface area contributed by atoms with E-state index in [4.69, 9.17) is 18.5 Å². The van der Waals surface area contributed by atoms with Gasteiger partial charge in [0, 0.05) is 13.0 Å². The van der Waals surface area contributed by atoms with E-state index in [0.717, 1.165) is 51.4 Å². The highest BCUT2D eigenvalue weighted by molar-refractivity contribution is 7.45. The van der Waals surface area contributed by atoms with Crippen LogP contribution in [0.3, 0.4) is 0 Å². The summed E-state index contributed by atoms with van der Waals surface area (Å²) in [7, 11) is 1.30. The van der Waals surface area contributed by atoms with Crippen LogP contribution in [0.2, 0.25) is 0 Å². The molecule has 0 aliphatic rings. The Hall–Kier alpha value is -2.32. The molecule has 0 amide bonds. The summed E-state index contributed by atoms with van der Waals surface area (Å²) in [6.45, 7) is 5.16. The van der Waals surface area contributed by atoms with E-state index >= 15 is 0 Å². The number of nitrogens with zero attached hydrogens (tertiary/aromatic N) is 1. The average Bonchev–Trinajstić information content (AvgIpc) is 3.22. The molecule has 0 spiro atoms. The third kappa shape index (κ3) is 48.6. The van der Waals surface area contributed by atoms with Gasteiger partial charge in [-0.15, -0.1) is 0 Å². The maximum atomic E-state index is 12.6. The van der Waals surface area contributed by atoms with Crippen LogP contribution >= 0.6 is 7.82 Å². The second kappa shape index (κ2) is 44.3. The number of rotatable bonds is 44.